The van der Waals surface area contributed by atoms with Crippen LogP contribution in [0.1, 0.15) is 24.1 Å². The van der Waals surface area contributed by atoms with E-state index in [9.17, 15) is 0 Å². The number of nitrogens with one attached hydrogen (secondary N) is 1. The van der Waals surface area contributed by atoms with Gasteiger partial charge in [0.2, 0.25) is 0 Å². The van der Waals surface area contributed by atoms with E-state index in [1.165, 1.54) is 0 Å². The van der Waals surface area contributed by atoms with E-state index in [4.69, 9.17) is 33.7 Å². The van der Waals surface area contributed by atoms with Gasteiger partial charge in [-0.2, -0.15) is 0 Å². The Morgan fingerprint density at radius 3 is 2.52 bits per heavy atom. The number of hydrogen-bond acceptors (Lipinski definition) is 2. The minimum Gasteiger partial charge on any atom is -0.497 e. The fraction of sp³-hybridized carbons (Fsp3) is 0.235. The first-order valence-electron chi connectivity index (χ1n) is 7.14. The lowest BCUT2D eigenvalue weighted by Crippen LogP contribution is -2.33. The molecule has 4 nitrogen and oxygen atoms in total. The van der Waals surface area contributed by atoms with Gasteiger partial charge in [0.05, 0.1) is 19.7 Å². The van der Waals surface area contributed by atoms with Crippen LogP contribution in [-0.4, -0.2) is 13.1 Å². The van der Waals surface area contributed by atoms with Crippen molar-refractivity contribution >= 4 is 29.2 Å². The molecule has 0 aromatic heterocycles. The summed E-state index contributed by atoms with van der Waals surface area (Å²) in [5.74, 6) is 1.18. The van der Waals surface area contributed by atoms with Crippen LogP contribution in [0.4, 0.5) is 0 Å². The van der Waals surface area contributed by atoms with E-state index in [1.54, 1.807) is 19.2 Å². The molecule has 122 valence electrons. The van der Waals surface area contributed by atoms with Gasteiger partial charge in [0, 0.05) is 10.0 Å². The molecule has 3 N–H and O–H groups in total. The van der Waals surface area contributed by atoms with Gasteiger partial charge in [-0.25, -0.2) is 4.99 Å². The number of benzene rings is 2. The topological polar surface area (TPSA) is 59.6 Å². The molecule has 0 heterocycles. The van der Waals surface area contributed by atoms with Crippen LogP contribution in [0.25, 0.3) is 0 Å². The Labute approximate surface area is 146 Å². The lowest BCUT2D eigenvalue weighted by molar-refractivity contribution is 0.414. The summed E-state index contributed by atoms with van der Waals surface area (Å²) in [5.41, 5.74) is 7.91. The molecule has 0 bridgehead atoms. The molecule has 0 amide bonds. The number of halogens is 2. The van der Waals surface area contributed by atoms with Crippen molar-refractivity contribution in [1.82, 2.24) is 5.32 Å². The van der Waals surface area contributed by atoms with E-state index in [0.29, 0.717) is 22.5 Å². The van der Waals surface area contributed by atoms with Gasteiger partial charge in [-0.15, -0.1) is 0 Å². The molecular weight excluding hydrogens is 333 g/mol. The Morgan fingerprint density at radius 1 is 1.22 bits per heavy atom. The first-order chi connectivity index (χ1) is 11.0. The van der Waals surface area contributed by atoms with Crippen LogP contribution in [-0.2, 0) is 6.54 Å². The van der Waals surface area contributed by atoms with Crippen molar-refractivity contribution in [3.63, 3.8) is 0 Å². The molecule has 0 saturated carbocycles. The van der Waals surface area contributed by atoms with Crippen LogP contribution in [0.3, 0.4) is 0 Å². The highest BCUT2D eigenvalue weighted by atomic mass is 35.5. The molecule has 1 atom stereocenters. The van der Waals surface area contributed by atoms with E-state index in [-0.39, 0.29) is 6.04 Å². The maximum absolute atomic E-state index is 6.19. The SMILES string of the molecule is COc1ccc(CN=C(N)NC(C)c2ccc(Cl)cc2Cl)cc1. The molecule has 1 unspecified atom stereocenters. The zero-order valence-electron chi connectivity index (χ0n) is 13.0. The van der Waals surface area contributed by atoms with Crippen molar-refractivity contribution in [2.24, 2.45) is 10.7 Å². The second-order valence-electron chi connectivity index (χ2n) is 5.08. The Morgan fingerprint density at radius 2 is 1.91 bits per heavy atom. The summed E-state index contributed by atoms with van der Waals surface area (Å²) in [6, 6.07) is 13.0. The molecule has 0 fully saturated rings. The molecule has 2 aromatic rings. The molecule has 0 aliphatic carbocycles. The lowest BCUT2D eigenvalue weighted by Gasteiger charge is -2.16. The lowest BCUT2D eigenvalue weighted by atomic mass is 10.1. The molecule has 23 heavy (non-hydrogen) atoms. The van der Waals surface area contributed by atoms with Gasteiger partial charge in [-0.1, -0.05) is 41.4 Å². The standard InChI is InChI=1S/C17H19Cl2N3O/c1-11(15-8-5-13(18)9-16(15)19)22-17(20)21-10-12-3-6-14(23-2)7-4-12/h3-9,11H,10H2,1-2H3,(H3,20,21,22). The van der Waals surface area contributed by atoms with Gasteiger partial charge < -0.3 is 15.8 Å². The number of guanidine groups is 1. The molecule has 0 aliphatic rings. The predicted molar refractivity (Wildman–Crippen MR) is 96.3 cm³/mol. The van der Waals surface area contributed by atoms with Crippen LogP contribution in [0.15, 0.2) is 47.5 Å². The fourth-order valence-corrected chi connectivity index (χ4v) is 2.68. The summed E-state index contributed by atoms with van der Waals surface area (Å²) >= 11 is 12.1. The Balaban J connectivity index is 1.97. The second kappa shape index (κ2) is 8.09. The summed E-state index contributed by atoms with van der Waals surface area (Å²) < 4.78 is 5.12. The predicted octanol–water partition coefficient (Wildman–Crippen LogP) is 4.17. The van der Waals surface area contributed by atoms with Crippen molar-refractivity contribution in [2.45, 2.75) is 19.5 Å². The van der Waals surface area contributed by atoms with E-state index in [1.807, 2.05) is 37.3 Å². The third-order valence-electron chi connectivity index (χ3n) is 3.38. The highest BCUT2D eigenvalue weighted by molar-refractivity contribution is 6.35. The molecule has 0 spiro atoms. The smallest absolute Gasteiger partial charge is 0.189 e. The first-order valence-corrected chi connectivity index (χ1v) is 7.89. The van der Waals surface area contributed by atoms with E-state index in [0.717, 1.165) is 16.9 Å². The second-order valence-corrected chi connectivity index (χ2v) is 5.93. The number of aliphatic imine (C=N–C) groups is 1. The van der Waals surface area contributed by atoms with Crippen molar-refractivity contribution in [1.29, 1.82) is 0 Å². The van der Waals surface area contributed by atoms with Crippen molar-refractivity contribution in [3.05, 3.63) is 63.6 Å². The molecule has 6 heteroatoms. The van der Waals surface area contributed by atoms with Crippen LogP contribution in [0, 0.1) is 0 Å². The summed E-state index contributed by atoms with van der Waals surface area (Å²) in [6.45, 7) is 2.45. The number of nitrogens with zero attached hydrogens (tertiary/aromatic N) is 1. The zero-order valence-corrected chi connectivity index (χ0v) is 14.5. The third-order valence-corrected chi connectivity index (χ3v) is 3.95. The highest BCUT2D eigenvalue weighted by Gasteiger charge is 2.10. The average Bonchev–Trinajstić information content (AvgIpc) is 2.53. The quantitative estimate of drug-likeness (QED) is 0.627. The first kappa shape index (κ1) is 17.4. The van der Waals surface area contributed by atoms with Gasteiger partial charge in [0.25, 0.3) is 0 Å². The van der Waals surface area contributed by atoms with Crippen LogP contribution < -0.4 is 15.8 Å². The normalized spacial score (nSPS) is 12.8. The Kier molecular flexibility index (Phi) is 6.13. The minimum absolute atomic E-state index is 0.0700. The zero-order chi connectivity index (χ0) is 16.8. The molecular formula is C17H19Cl2N3O. The van der Waals surface area contributed by atoms with E-state index >= 15 is 0 Å². The van der Waals surface area contributed by atoms with Crippen LogP contribution in [0.5, 0.6) is 5.75 Å². The molecule has 2 aromatic carbocycles. The third kappa shape index (κ3) is 5.05. The number of methoxy groups -OCH3 is 1. The van der Waals surface area contributed by atoms with Gasteiger partial charge in [-0.3, -0.25) is 0 Å². The van der Waals surface area contributed by atoms with Crippen molar-refractivity contribution in [3.8, 4) is 5.75 Å². The maximum atomic E-state index is 6.19. The number of ether oxygens (including phenoxy) is 1. The number of hydrogen-bond donors (Lipinski definition) is 2. The molecule has 0 radical (unpaired) electrons. The minimum atomic E-state index is -0.0700. The van der Waals surface area contributed by atoms with E-state index in [2.05, 4.69) is 10.3 Å². The largest absolute Gasteiger partial charge is 0.497 e. The maximum Gasteiger partial charge on any atom is 0.189 e. The molecule has 0 aliphatic heterocycles. The molecule has 0 saturated heterocycles. The van der Waals surface area contributed by atoms with Crippen molar-refractivity contribution in [2.75, 3.05) is 7.11 Å². The summed E-state index contributed by atoms with van der Waals surface area (Å²) in [7, 11) is 1.64. The fourth-order valence-electron chi connectivity index (χ4n) is 2.11. The van der Waals surface area contributed by atoms with Gasteiger partial charge >= 0.3 is 0 Å². The monoisotopic (exact) mass is 351 g/mol. The number of rotatable bonds is 5. The van der Waals surface area contributed by atoms with Gasteiger partial charge in [0.1, 0.15) is 5.75 Å². The average molecular weight is 352 g/mol. The Hall–Kier alpha value is -1.91. The summed E-state index contributed by atoms with van der Waals surface area (Å²) in [4.78, 5) is 4.34. The van der Waals surface area contributed by atoms with Crippen LogP contribution >= 0.6 is 23.2 Å². The number of nitrogens with two attached hydrogens (primary N) is 1. The van der Waals surface area contributed by atoms with Crippen LogP contribution in [0.2, 0.25) is 10.0 Å². The van der Waals surface area contributed by atoms with Crippen molar-refractivity contribution < 1.29 is 4.74 Å². The van der Waals surface area contributed by atoms with Gasteiger partial charge in [-0.05, 0) is 42.3 Å². The van der Waals surface area contributed by atoms with Gasteiger partial charge in [0.15, 0.2) is 5.96 Å². The van der Waals surface area contributed by atoms with E-state index < -0.39 is 0 Å². The Bertz CT molecular complexity index is 687. The molecule has 2 rings (SSSR count). The highest BCUT2D eigenvalue weighted by Crippen LogP contribution is 2.25. The summed E-state index contributed by atoms with van der Waals surface area (Å²) in [5, 5.41) is 4.33. The summed E-state index contributed by atoms with van der Waals surface area (Å²) in [6.07, 6.45) is 0.